The van der Waals surface area contributed by atoms with Crippen LogP contribution in [0.5, 0.6) is 5.75 Å². The van der Waals surface area contributed by atoms with Gasteiger partial charge in [-0.1, -0.05) is 19.9 Å². The van der Waals surface area contributed by atoms with E-state index < -0.39 is 0 Å². The van der Waals surface area contributed by atoms with Gasteiger partial charge in [0.25, 0.3) is 0 Å². The molecular weight excluding hydrogens is 216 g/mol. The van der Waals surface area contributed by atoms with E-state index in [4.69, 9.17) is 9.47 Å². The maximum atomic E-state index is 11.5. The smallest absolute Gasteiger partial charge is 0.313 e. The zero-order valence-corrected chi connectivity index (χ0v) is 10.9. The first-order valence-corrected chi connectivity index (χ1v) is 6.01. The number of esters is 1. The lowest BCUT2D eigenvalue weighted by Gasteiger charge is -2.09. The van der Waals surface area contributed by atoms with Crippen LogP contribution in [0.15, 0.2) is 18.2 Å². The Morgan fingerprint density at radius 1 is 1.29 bits per heavy atom. The summed E-state index contributed by atoms with van der Waals surface area (Å²) in [6.45, 7) is 4.00. The summed E-state index contributed by atoms with van der Waals surface area (Å²) in [6, 6.07) is 5.89. The molecule has 0 bridgehead atoms. The molecule has 0 aromatic heterocycles. The lowest BCUT2D eigenvalue weighted by molar-refractivity contribution is -0.142. The summed E-state index contributed by atoms with van der Waals surface area (Å²) < 4.78 is 9.93. The number of methoxy groups -OCH3 is 2. The highest BCUT2D eigenvalue weighted by Gasteiger charge is 2.29. The molecular formula is C14H20O3. The summed E-state index contributed by atoms with van der Waals surface area (Å²) in [6.07, 6.45) is 1.79. The van der Waals surface area contributed by atoms with Gasteiger partial charge in [0.1, 0.15) is 5.75 Å². The average molecular weight is 236 g/mol. The molecule has 1 aromatic carbocycles. The van der Waals surface area contributed by atoms with Gasteiger partial charge in [-0.2, -0.15) is 0 Å². The van der Waals surface area contributed by atoms with Gasteiger partial charge in [-0.3, -0.25) is 4.79 Å². The topological polar surface area (TPSA) is 35.5 Å². The first-order chi connectivity index (χ1) is 8.26. The third-order valence-corrected chi connectivity index (χ3v) is 2.92. The molecule has 0 N–H and O–H groups in total. The van der Waals surface area contributed by atoms with Crippen LogP contribution in [0.2, 0.25) is 0 Å². The van der Waals surface area contributed by atoms with Crippen LogP contribution >= 0.6 is 0 Å². The van der Waals surface area contributed by atoms with E-state index in [0.717, 1.165) is 24.2 Å². The molecule has 0 saturated heterocycles. The molecule has 1 aliphatic carbocycles. The summed E-state index contributed by atoms with van der Waals surface area (Å²) in [4.78, 5) is 11.5. The van der Waals surface area contributed by atoms with Crippen molar-refractivity contribution >= 4 is 5.97 Å². The number of carbonyl (C=O) groups excluding carboxylic acids is 1. The Bertz CT molecular complexity index is 385. The molecule has 3 heteroatoms. The number of hydrogen-bond acceptors (Lipinski definition) is 3. The Kier molecular flexibility index (Phi) is 5.01. The highest BCUT2D eigenvalue weighted by Crippen LogP contribution is 2.35. The van der Waals surface area contributed by atoms with Crippen LogP contribution in [0.1, 0.15) is 37.3 Å². The molecule has 0 spiro atoms. The van der Waals surface area contributed by atoms with E-state index in [-0.39, 0.29) is 11.9 Å². The molecule has 0 saturated carbocycles. The normalized spacial score (nSPS) is 16.6. The van der Waals surface area contributed by atoms with Gasteiger partial charge in [0.05, 0.1) is 20.1 Å². The minimum absolute atomic E-state index is 0.111. The zero-order chi connectivity index (χ0) is 12.8. The number of carbonyl (C=O) groups is 1. The van der Waals surface area contributed by atoms with Gasteiger partial charge in [-0.05, 0) is 36.1 Å². The van der Waals surface area contributed by atoms with Crippen molar-refractivity contribution in [3.8, 4) is 5.75 Å². The molecule has 94 valence electrons. The minimum atomic E-state index is -0.151. The Labute approximate surface area is 103 Å². The fourth-order valence-corrected chi connectivity index (χ4v) is 2.09. The fourth-order valence-electron chi connectivity index (χ4n) is 2.09. The fraction of sp³-hybridized carbons (Fsp3) is 0.500. The highest BCUT2D eigenvalue weighted by atomic mass is 16.5. The molecule has 1 unspecified atom stereocenters. The van der Waals surface area contributed by atoms with Crippen molar-refractivity contribution in [1.82, 2.24) is 0 Å². The molecule has 1 aliphatic rings. The van der Waals surface area contributed by atoms with E-state index in [2.05, 4.69) is 0 Å². The van der Waals surface area contributed by atoms with Crippen LogP contribution in [0.25, 0.3) is 0 Å². The third kappa shape index (κ3) is 2.78. The maximum absolute atomic E-state index is 11.5. The maximum Gasteiger partial charge on any atom is 0.313 e. The molecule has 0 heterocycles. The molecule has 1 aromatic rings. The van der Waals surface area contributed by atoms with Crippen molar-refractivity contribution in [2.75, 3.05) is 14.2 Å². The second-order valence-corrected chi connectivity index (χ2v) is 3.68. The van der Waals surface area contributed by atoms with Crippen molar-refractivity contribution in [1.29, 1.82) is 0 Å². The lowest BCUT2D eigenvalue weighted by atomic mass is 10.0. The van der Waals surface area contributed by atoms with Crippen molar-refractivity contribution in [2.24, 2.45) is 0 Å². The molecule has 2 rings (SSSR count). The van der Waals surface area contributed by atoms with Gasteiger partial charge in [-0.25, -0.2) is 0 Å². The van der Waals surface area contributed by atoms with E-state index >= 15 is 0 Å². The van der Waals surface area contributed by atoms with Gasteiger partial charge in [-0.15, -0.1) is 0 Å². The monoisotopic (exact) mass is 236 g/mol. The van der Waals surface area contributed by atoms with Gasteiger partial charge < -0.3 is 9.47 Å². The van der Waals surface area contributed by atoms with Gasteiger partial charge in [0, 0.05) is 0 Å². The van der Waals surface area contributed by atoms with Gasteiger partial charge in [0.2, 0.25) is 0 Å². The van der Waals surface area contributed by atoms with Crippen LogP contribution in [0, 0.1) is 0 Å². The quantitative estimate of drug-likeness (QED) is 0.741. The Morgan fingerprint density at radius 3 is 2.59 bits per heavy atom. The number of aryl methyl sites for hydroxylation is 1. The van der Waals surface area contributed by atoms with Gasteiger partial charge in [0.15, 0.2) is 0 Å². The molecule has 0 radical (unpaired) electrons. The second kappa shape index (κ2) is 6.28. The molecule has 0 amide bonds. The van der Waals surface area contributed by atoms with Crippen molar-refractivity contribution in [2.45, 2.75) is 32.6 Å². The van der Waals surface area contributed by atoms with E-state index in [0.29, 0.717) is 0 Å². The second-order valence-electron chi connectivity index (χ2n) is 3.68. The summed E-state index contributed by atoms with van der Waals surface area (Å²) in [5.74, 6) is 0.534. The average Bonchev–Trinajstić information content (AvgIpc) is 2.82. The first kappa shape index (κ1) is 13.6. The molecule has 3 nitrogen and oxygen atoms in total. The first-order valence-electron chi connectivity index (χ1n) is 6.01. The third-order valence-electron chi connectivity index (χ3n) is 2.92. The van der Waals surface area contributed by atoms with E-state index in [1.54, 1.807) is 7.11 Å². The Hall–Kier alpha value is -1.51. The number of ether oxygens (including phenoxy) is 2. The van der Waals surface area contributed by atoms with Crippen molar-refractivity contribution < 1.29 is 14.3 Å². The molecule has 0 fully saturated rings. The van der Waals surface area contributed by atoms with Crippen LogP contribution < -0.4 is 4.74 Å². The summed E-state index contributed by atoms with van der Waals surface area (Å²) >= 11 is 0. The minimum Gasteiger partial charge on any atom is -0.497 e. The lowest BCUT2D eigenvalue weighted by Crippen LogP contribution is -2.11. The Morgan fingerprint density at radius 2 is 2.00 bits per heavy atom. The predicted molar refractivity (Wildman–Crippen MR) is 67.4 cm³/mol. The summed E-state index contributed by atoms with van der Waals surface area (Å²) in [5.41, 5.74) is 2.28. The number of hydrogen-bond donors (Lipinski definition) is 0. The summed E-state index contributed by atoms with van der Waals surface area (Å²) in [7, 11) is 3.06. The predicted octanol–water partition coefficient (Wildman–Crippen LogP) is 2.92. The van der Waals surface area contributed by atoms with Crippen molar-refractivity contribution in [3.63, 3.8) is 0 Å². The van der Waals surface area contributed by atoms with Crippen LogP contribution in [-0.4, -0.2) is 20.2 Å². The highest BCUT2D eigenvalue weighted by molar-refractivity contribution is 5.79. The Balaban J connectivity index is 0.000000686. The van der Waals surface area contributed by atoms with Crippen LogP contribution in [-0.2, 0) is 16.0 Å². The van der Waals surface area contributed by atoms with Crippen molar-refractivity contribution in [3.05, 3.63) is 29.3 Å². The largest absolute Gasteiger partial charge is 0.497 e. The molecule has 0 aliphatic heterocycles. The number of fused-ring (bicyclic) bond motifs is 1. The number of benzene rings is 1. The SMILES string of the molecule is CC.COC(=O)C1CCc2ccc(OC)cc21. The molecule has 1 atom stereocenters. The van der Waals surface area contributed by atoms with Crippen LogP contribution in [0.3, 0.4) is 0 Å². The van der Waals surface area contributed by atoms with Gasteiger partial charge >= 0.3 is 5.97 Å². The van der Waals surface area contributed by atoms with E-state index in [1.165, 1.54) is 12.7 Å². The van der Waals surface area contributed by atoms with E-state index in [9.17, 15) is 4.79 Å². The van der Waals surface area contributed by atoms with Crippen LogP contribution in [0.4, 0.5) is 0 Å². The zero-order valence-electron chi connectivity index (χ0n) is 10.9. The van der Waals surface area contributed by atoms with E-state index in [1.807, 2.05) is 32.0 Å². The number of rotatable bonds is 2. The molecule has 17 heavy (non-hydrogen) atoms. The summed E-state index contributed by atoms with van der Waals surface area (Å²) in [5, 5.41) is 0. The standard InChI is InChI=1S/C12H14O3.C2H6/c1-14-9-5-3-8-4-6-10(11(8)7-9)12(13)15-2;1-2/h3,5,7,10H,4,6H2,1-2H3;1-2H3.